The fourth-order valence-electron chi connectivity index (χ4n) is 3.01. The Bertz CT molecular complexity index is 970. The normalized spacial score (nSPS) is 10.8. The molecule has 3 rings (SSSR count). The van der Waals surface area contributed by atoms with Crippen molar-refractivity contribution in [3.8, 4) is 17.2 Å². The van der Waals surface area contributed by atoms with Crippen LogP contribution < -0.4 is 19.5 Å². The number of benzene rings is 1. The van der Waals surface area contributed by atoms with Crippen LogP contribution >= 0.6 is 0 Å². The minimum Gasteiger partial charge on any atom is -0.490 e. The number of amides is 1. The van der Waals surface area contributed by atoms with Gasteiger partial charge in [-0.05, 0) is 57.5 Å². The minimum atomic E-state index is -0.233. The van der Waals surface area contributed by atoms with Crippen molar-refractivity contribution in [3.05, 3.63) is 53.5 Å². The maximum absolute atomic E-state index is 12.8. The van der Waals surface area contributed by atoms with Crippen LogP contribution in [0, 0.1) is 6.92 Å². The summed E-state index contributed by atoms with van der Waals surface area (Å²) < 4.78 is 19.0. The molecule has 0 saturated carbocycles. The Morgan fingerprint density at radius 2 is 1.69 bits per heavy atom. The average molecular weight is 397 g/mol. The van der Waals surface area contributed by atoms with E-state index >= 15 is 0 Å². The highest BCUT2D eigenvalue weighted by Crippen LogP contribution is 2.39. The van der Waals surface area contributed by atoms with Crippen LogP contribution in [0.1, 0.15) is 42.4 Å². The Kier molecular flexibility index (Phi) is 6.59. The number of hydrogen-bond acceptors (Lipinski definition) is 5. The van der Waals surface area contributed by atoms with Crippen molar-refractivity contribution < 1.29 is 19.0 Å². The number of pyridine rings is 1. The Hall–Kier alpha value is -3.22. The highest BCUT2D eigenvalue weighted by molar-refractivity contribution is 5.95. The van der Waals surface area contributed by atoms with Crippen molar-refractivity contribution in [1.82, 2.24) is 14.7 Å². The summed E-state index contributed by atoms with van der Waals surface area (Å²) in [5, 5.41) is 2.91. The maximum Gasteiger partial charge on any atom is 0.251 e. The predicted molar refractivity (Wildman–Crippen MR) is 111 cm³/mol. The number of carbonyl (C=O) groups is 1. The van der Waals surface area contributed by atoms with Crippen molar-refractivity contribution in [1.29, 1.82) is 0 Å². The number of aromatic nitrogens is 2. The molecule has 7 nitrogen and oxygen atoms in total. The fourth-order valence-corrected chi connectivity index (χ4v) is 3.01. The second-order valence-electron chi connectivity index (χ2n) is 6.49. The van der Waals surface area contributed by atoms with Gasteiger partial charge in [-0.1, -0.05) is 0 Å². The predicted octanol–water partition coefficient (Wildman–Crippen LogP) is 3.77. The number of nitrogens with one attached hydrogen (secondary N) is 1. The van der Waals surface area contributed by atoms with E-state index in [4.69, 9.17) is 14.2 Å². The molecule has 0 unspecified atom stereocenters. The van der Waals surface area contributed by atoms with Crippen LogP contribution in [0.4, 0.5) is 0 Å². The summed E-state index contributed by atoms with van der Waals surface area (Å²) in [6.07, 6.45) is 3.86. The molecule has 154 valence electrons. The van der Waals surface area contributed by atoms with Crippen molar-refractivity contribution in [2.45, 2.75) is 34.2 Å². The van der Waals surface area contributed by atoms with Gasteiger partial charge in [-0.3, -0.25) is 4.79 Å². The zero-order chi connectivity index (χ0) is 20.8. The van der Waals surface area contributed by atoms with E-state index in [0.29, 0.717) is 49.2 Å². The number of carbonyl (C=O) groups excluding carboxylic acids is 1. The molecule has 0 bridgehead atoms. The number of aryl methyl sites for hydroxylation is 1. The molecule has 3 aromatic rings. The van der Waals surface area contributed by atoms with Crippen LogP contribution in [0.25, 0.3) is 5.65 Å². The number of rotatable bonds is 9. The van der Waals surface area contributed by atoms with E-state index in [2.05, 4.69) is 10.3 Å². The summed E-state index contributed by atoms with van der Waals surface area (Å²) in [5.41, 5.74) is 3.22. The third kappa shape index (κ3) is 4.80. The van der Waals surface area contributed by atoms with E-state index < -0.39 is 0 Å². The number of fused-ring (bicyclic) bond motifs is 1. The molecule has 29 heavy (non-hydrogen) atoms. The minimum absolute atomic E-state index is 0.233. The summed E-state index contributed by atoms with van der Waals surface area (Å²) >= 11 is 0. The molecule has 2 heterocycles. The van der Waals surface area contributed by atoms with Crippen LogP contribution in [0.3, 0.4) is 0 Å². The van der Waals surface area contributed by atoms with Crippen LogP contribution in [-0.4, -0.2) is 35.1 Å². The van der Waals surface area contributed by atoms with Crippen molar-refractivity contribution in [3.63, 3.8) is 0 Å². The van der Waals surface area contributed by atoms with Crippen molar-refractivity contribution in [2.75, 3.05) is 19.8 Å². The Balaban J connectivity index is 1.81. The zero-order valence-electron chi connectivity index (χ0n) is 17.3. The van der Waals surface area contributed by atoms with Gasteiger partial charge >= 0.3 is 0 Å². The largest absolute Gasteiger partial charge is 0.490 e. The molecular formula is C22H27N3O4. The van der Waals surface area contributed by atoms with Gasteiger partial charge in [0.15, 0.2) is 11.5 Å². The molecule has 0 saturated heterocycles. The van der Waals surface area contributed by atoms with Crippen LogP contribution in [0.2, 0.25) is 0 Å². The van der Waals surface area contributed by atoms with Gasteiger partial charge < -0.3 is 23.9 Å². The van der Waals surface area contributed by atoms with E-state index in [1.165, 1.54) is 0 Å². The second kappa shape index (κ2) is 9.32. The second-order valence-corrected chi connectivity index (χ2v) is 6.49. The summed E-state index contributed by atoms with van der Waals surface area (Å²) in [5.74, 6) is 1.27. The first kappa shape index (κ1) is 20.5. The smallest absolute Gasteiger partial charge is 0.251 e. The Labute approximate surface area is 170 Å². The van der Waals surface area contributed by atoms with E-state index in [0.717, 1.165) is 16.9 Å². The molecule has 0 aliphatic rings. The topological polar surface area (TPSA) is 74.1 Å². The summed E-state index contributed by atoms with van der Waals surface area (Å²) in [7, 11) is 0. The third-order valence-electron chi connectivity index (χ3n) is 4.27. The maximum atomic E-state index is 12.8. The first-order valence-electron chi connectivity index (χ1n) is 9.84. The molecule has 0 spiro atoms. The fraction of sp³-hybridized carbons (Fsp3) is 0.364. The van der Waals surface area contributed by atoms with E-state index in [1.807, 2.05) is 56.6 Å². The third-order valence-corrected chi connectivity index (χ3v) is 4.27. The molecule has 0 radical (unpaired) electrons. The molecule has 1 aromatic carbocycles. The SMILES string of the molecule is CCOc1cc(C(=O)NCc2cn3ccc(C)cc3n2)cc(OCC)c1OCC. The van der Waals surface area contributed by atoms with Gasteiger partial charge in [0.05, 0.1) is 32.1 Å². The number of nitrogens with zero attached hydrogens (tertiary/aromatic N) is 2. The standard InChI is InChI=1S/C22H27N3O4/c1-5-27-18-11-16(12-19(28-6-2)21(18)29-7-3)22(26)23-13-17-14-25-9-8-15(4)10-20(25)24-17/h8-12,14H,5-7,13H2,1-4H3,(H,23,26). The molecular weight excluding hydrogens is 370 g/mol. The molecule has 0 aliphatic carbocycles. The van der Waals surface area contributed by atoms with Gasteiger partial charge in [-0.25, -0.2) is 4.98 Å². The van der Waals surface area contributed by atoms with Crippen molar-refractivity contribution in [2.24, 2.45) is 0 Å². The lowest BCUT2D eigenvalue weighted by molar-refractivity contribution is 0.0949. The van der Waals surface area contributed by atoms with Gasteiger partial charge in [-0.2, -0.15) is 0 Å². The van der Waals surface area contributed by atoms with Gasteiger partial charge in [0.2, 0.25) is 5.75 Å². The van der Waals surface area contributed by atoms with E-state index in [-0.39, 0.29) is 5.91 Å². The highest BCUT2D eigenvalue weighted by Gasteiger charge is 2.18. The highest BCUT2D eigenvalue weighted by atomic mass is 16.5. The lowest BCUT2D eigenvalue weighted by atomic mass is 10.1. The van der Waals surface area contributed by atoms with Crippen molar-refractivity contribution >= 4 is 11.6 Å². The van der Waals surface area contributed by atoms with Gasteiger partial charge in [-0.15, -0.1) is 0 Å². The molecule has 7 heteroatoms. The molecule has 1 N–H and O–H groups in total. The average Bonchev–Trinajstić information content (AvgIpc) is 3.10. The summed E-state index contributed by atoms with van der Waals surface area (Å²) in [6.45, 7) is 9.38. The Morgan fingerprint density at radius 3 is 2.31 bits per heavy atom. The number of hydrogen-bond donors (Lipinski definition) is 1. The molecule has 0 fully saturated rings. The first-order chi connectivity index (χ1) is 14.0. The van der Waals surface area contributed by atoms with Gasteiger partial charge in [0, 0.05) is 18.0 Å². The lowest BCUT2D eigenvalue weighted by Crippen LogP contribution is -2.23. The monoisotopic (exact) mass is 397 g/mol. The number of ether oxygens (including phenoxy) is 3. The van der Waals surface area contributed by atoms with E-state index in [1.54, 1.807) is 12.1 Å². The summed E-state index contributed by atoms with van der Waals surface area (Å²) in [6, 6.07) is 7.38. The lowest BCUT2D eigenvalue weighted by Gasteiger charge is -2.17. The molecule has 0 atom stereocenters. The molecule has 0 aliphatic heterocycles. The van der Waals surface area contributed by atoms with Crippen LogP contribution in [-0.2, 0) is 6.54 Å². The van der Waals surface area contributed by atoms with E-state index in [9.17, 15) is 4.79 Å². The summed E-state index contributed by atoms with van der Waals surface area (Å²) in [4.78, 5) is 17.3. The molecule has 2 aromatic heterocycles. The van der Waals surface area contributed by atoms with Gasteiger partial charge in [0.25, 0.3) is 5.91 Å². The molecule has 1 amide bonds. The quantitative estimate of drug-likeness (QED) is 0.595. The number of imidazole rings is 1. The van der Waals surface area contributed by atoms with Crippen LogP contribution in [0.5, 0.6) is 17.2 Å². The Morgan fingerprint density at radius 1 is 1.03 bits per heavy atom. The van der Waals surface area contributed by atoms with Crippen LogP contribution in [0.15, 0.2) is 36.7 Å². The zero-order valence-corrected chi connectivity index (χ0v) is 17.3. The van der Waals surface area contributed by atoms with Gasteiger partial charge in [0.1, 0.15) is 5.65 Å². The first-order valence-corrected chi connectivity index (χ1v) is 9.84.